The number of hydrogen-bond acceptors (Lipinski definition) is 3. The average Bonchev–Trinajstić information content (AvgIpc) is 3.03. The first-order valence-corrected chi connectivity index (χ1v) is 8.31. The molecule has 3 rings (SSSR count). The van der Waals surface area contributed by atoms with Crippen LogP contribution in [-0.2, 0) is 25.9 Å². The van der Waals surface area contributed by atoms with Crippen LogP contribution in [0.15, 0.2) is 22.7 Å². The molecule has 112 valence electrons. The van der Waals surface area contributed by atoms with Crippen LogP contribution in [0.25, 0.3) is 0 Å². The minimum atomic E-state index is 0.873. The van der Waals surface area contributed by atoms with E-state index in [4.69, 9.17) is 5.73 Å². The molecule has 0 spiro atoms. The molecular weight excluding hydrogens is 328 g/mol. The Kier molecular flexibility index (Phi) is 3.93. The van der Waals surface area contributed by atoms with Gasteiger partial charge >= 0.3 is 0 Å². The molecule has 0 saturated carbocycles. The fraction of sp³-hybridized carbons (Fsp3) is 0.438. The molecule has 0 saturated heterocycles. The SMILES string of the molecule is CCc1nn(CC)c(CN2CCc3c(N)cccc32)c1Br. The van der Waals surface area contributed by atoms with Crippen molar-refractivity contribution in [1.82, 2.24) is 9.78 Å². The Morgan fingerprint density at radius 3 is 2.86 bits per heavy atom. The molecule has 0 fully saturated rings. The molecule has 0 bridgehead atoms. The Labute approximate surface area is 134 Å². The minimum absolute atomic E-state index is 0.873. The number of nitrogens with zero attached hydrogens (tertiary/aromatic N) is 3. The van der Waals surface area contributed by atoms with Crippen LogP contribution in [0, 0.1) is 0 Å². The summed E-state index contributed by atoms with van der Waals surface area (Å²) in [5.41, 5.74) is 11.9. The maximum Gasteiger partial charge on any atom is 0.0767 e. The van der Waals surface area contributed by atoms with Crippen molar-refractivity contribution in [2.75, 3.05) is 17.2 Å². The third kappa shape index (κ3) is 2.44. The van der Waals surface area contributed by atoms with Crippen molar-refractivity contribution >= 4 is 27.3 Å². The zero-order chi connectivity index (χ0) is 15.0. The summed E-state index contributed by atoms with van der Waals surface area (Å²) in [5, 5.41) is 4.68. The van der Waals surface area contributed by atoms with Crippen molar-refractivity contribution in [3.8, 4) is 0 Å². The van der Waals surface area contributed by atoms with Gasteiger partial charge in [0.15, 0.2) is 0 Å². The van der Waals surface area contributed by atoms with Crippen molar-refractivity contribution < 1.29 is 0 Å². The molecule has 0 radical (unpaired) electrons. The third-order valence-corrected chi connectivity index (χ3v) is 5.11. The normalized spacial score (nSPS) is 13.8. The summed E-state index contributed by atoms with van der Waals surface area (Å²) in [5.74, 6) is 0. The highest BCUT2D eigenvalue weighted by Gasteiger charge is 2.24. The number of nitrogens with two attached hydrogens (primary N) is 1. The van der Waals surface area contributed by atoms with E-state index in [1.165, 1.54) is 16.9 Å². The first-order valence-electron chi connectivity index (χ1n) is 7.52. The topological polar surface area (TPSA) is 47.1 Å². The monoisotopic (exact) mass is 348 g/mol. The lowest BCUT2D eigenvalue weighted by Crippen LogP contribution is -2.22. The van der Waals surface area contributed by atoms with Crippen LogP contribution in [0.4, 0.5) is 11.4 Å². The Balaban J connectivity index is 1.93. The largest absolute Gasteiger partial charge is 0.398 e. The number of rotatable bonds is 4. The minimum Gasteiger partial charge on any atom is -0.398 e. The van der Waals surface area contributed by atoms with Gasteiger partial charge in [0.2, 0.25) is 0 Å². The number of hydrogen-bond donors (Lipinski definition) is 1. The van der Waals surface area contributed by atoms with Crippen LogP contribution in [0.1, 0.15) is 30.8 Å². The second kappa shape index (κ2) is 5.72. The maximum absolute atomic E-state index is 6.09. The van der Waals surface area contributed by atoms with E-state index in [0.717, 1.165) is 48.3 Å². The smallest absolute Gasteiger partial charge is 0.0767 e. The summed E-state index contributed by atoms with van der Waals surface area (Å²) in [6.45, 7) is 7.07. The van der Waals surface area contributed by atoms with Gasteiger partial charge in [-0.15, -0.1) is 0 Å². The van der Waals surface area contributed by atoms with Crippen molar-refractivity contribution in [2.45, 2.75) is 39.8 Å². The summed E-state index contributed by atoms with van der Waals surface area (Å²) in [6.07, 6.45) is 1.98. The van der Waals surface area contributed by atoms with Crippen LogP contribution < -0.4 is 10.6 Å². The van der Waals surface area contributed by atoms with Crippen LogP contribution in [0.3, 0.4) is 0 Å². The highest BCUT2D eigenvalue weighted by Crippen LogP contribution is 2.34. The van der Waals surface area contributed by atoms with E-state index in [2.05, 4.69) is 50.5 Å². The highest BCUT2D eigenvalue weighted by molar-refractivity contribution is 9.10. The third-order valence-electron chi connectivity index (χ3n) is 4.19. The molecule has 21 heavy (non-hydrogen) atoms. The van der Waals surface area contributed by atoms with E-state index >= 15 is 0 Å². The molecule has 0 aliphatic carbocycles. The Morgan fingerprint density at radius 2 is 2.14 bits per heavy atom. The fourth-order valence-corrected chi connectivity index (χ4v) is 3.73. The summed E-state index contributed by atoms with van der Waals surface area (Å²) < 4.78 is 3.26. The molecule has 1 aliphatic heterocycles. The molecule has 5 heteroatoms. The molecule has 4 nitrogen and oxygen atoms in total. The van der Waals surface area contributed by atoms with Gasteiger partial charge in [-0.3, -0.25) is 4.68 Å². The standard InChI is InChI=1S/C16H21BrN4/c1-3-13-16(17)15(21(4-2)19-13)10-20-9-8-11-12(18)6-5-7-14(11)20/h5-7H,3-4,8-10,18H2,1-2H3. The number of anilines is 2. The van der Waals surface area contributed by atoms with E-state index in [1.807, 2.05) is 12.1 Å². The number of nitrogen functional groups attached to an aromatic ring is 1. The average molecular weight is 349 g/mol. The first kappa shape index (κ1) is 14.4. The fourth-order valence-electron chi connectivity index (χ4n) is 3.04. The first-order chi connectivity index (χ1) is 10.2. The number of fused-ring (bicyclic) bond motifs is 1. The van der Waals surface area contributed by atoms with Gasteiger partial charge in [0.25, 0.3) is 0 Å². The lowest BCUT2D eigenvalue weighted by atomic mass is 10.1. The molecule has 2 heterocycles. The molecule has 0 atom stereocenters. The predicted octanol–water partition coefficient (Wildman–Crippen LogP) is 3.37. The zero-order valence-corrected chi connectivity index (χ0v) is 14.2. The number of aromatic nitrogens is 2. The van der Waals surface area contributed by atoms with Gasteiger partial charge < -0.3 is 10.6 Å². The van der Waals surface area contributed by atoms with Crippen LogP contribution >= 0.6 is 15.9 Å². The number of halogens is 1. The Hall–Kier alpha value is -1.49. The second-order valence-corrected chi connectivity index (χ2v) is 6.19. The second-order valence-electron chi connectivity index (χ2n) is 5.39. The van der Waals surface area contributed by atoms with E-state index in [1.54, 1.807) is 0 Å². The van der Waals surface area contributed by atoms with E-state index in [-0.39, 0.29) is 0 Å². The zero-order valence-electron chi connectivity index (χ0n) is 12.6. The van der Waals surface area contributed by atoms with Gasteiger partial charge in [-0.1, -0.05) is 13.0 Å². The number of aryl methyl sites for hydroxylation is 2. The maximum atomic E-state index is 6.09. The van der Waals surface area contributed by atoms with Gasteiger partial charge in [-0.25, -0.2) is 0 Å². The van der Waals surface area contributed by atoms with Crippen LogP contribution in [0.5, 0.6) is 0 Å². The molecular formula is C16H21BrN4. The lowest BCUT2D eigenvalue weighted by Gasteiger charge is -2.20. The van der Waals surface area contributed by atoms with Crippen molar-refractivity contribution in [1.29, 1.82) is 0 Å². The number of benzene rings is 1. The Bertz CT molecular complexity index is 663. The van der Waals surface area contributed by atoms with Gasteiger partial charge in [0.05, 0.1) is 22.4 Å². The quantitative estimate of drug-likeness (QED) is 0.861. The van der Waals surface area contributed by atoms with Crippen molar-refractivity contribution in [2.24, 2.45) is 0 Å². The van der Waals surface area contributed by atoms with Gasteiger partial charge in [-0.2, -0.15) is 5.10 Å². The molecule has 2 N–H and O–H groups in total. The van der Waals surface area contributed by atoms with E-state index in [9.17, 15) is 0 Å². The Morgan fingerprint density at radius 1 is 1.33 bits per heavy atom. The van der Waals surface area contributed by atoms with E-state index < -0.39 is 0 Å². The summed E-state index contributed by atoms with van der Waals surface area (Å²) in [6, 6.07) is 6.19. The van der Waals surface area contributed by atoms with Gasteiger partial charge in [0, 0.05) is 30.0 Å². The van der Waals surface area contributed by atoms with Crippen LogP contribution in [-0.4, -0.2) is 16.3 Å². The molecule has 1 aliphatic rings. The molecule has 1 aromatic carbocycles. The predicted molar refractivity (Wildman–Crippen MR) is 90.6 cm³/mol. The van der Waals surface area contributed by atoms with E-state index in [0.29, 0.717) is 0 Å². The van der Waals surface area contributed by atoms with Gasteiger partial charge in [-0.05, 0) is 47.8 Å². The summed E-state index contributed by atoms with van der Waals surface area (Å²) in [7, 11) is 0. The molecule has 0 unspecified atom stereocenters. The van der Waals surface area contributed by atoms with Crippen LogP contribution in [0.2, 0.25) is 0 Å². The highest BCUT2D eigenvalue weighted by atomic mass is 79.9. The molecule has 2 aromatic rings. The van der Waals surface area contributed by atoms with Gasteiger partial charge in [0.1, 0.15) is 0 Å². The molecule has 1 aromatic heterocycles. The summed E-state index contributed by atoms with van der Waals surface area (Å²) in [4.78, 5) is 2.40. The molecule has 0 amide bonds. The van der Waals surface area contributed by atoms with Crippen molar-refractivity contribution in [3.05, 3.63) is 39.6 Å². The van der Waals surface area contributed by atoms with Crippen molar-refractivity contribution in [3.63, 3.8) is 0 Å². The lowest BCUT2D eigenvalue weighted by molar-refractivity contribution is 0.605. The summed E-state index contributed by atoms with van der Waals surface area (Å²) >= 11 is 3.73.